The van der Waals surface area contributed by atoms with Crippen molar-refractivity contribution < 1.29 is 13.9 Å². The van der Waals surface area contributed by atoms with E-state index in [2.05, 4.69) is 4.98 Å². The Morgan fingerprint density at radius 2 is 1.93 bits per heavy atom. The van der Waals surface area contributed by atoms with Gasteiger partial charge in [-0.2, -0.15) is 0 Å². The first-order valence-corrected chi connectivity index (χ1v) is 9.22. The van der Waals surface area contributed by atoms with E-state index in [1.54, 1.807) is 25.3 Å². The van der Waals surface area contributed by atoms with Crippen LogP contribution in [0, 0.1) is 5.82 Å². The van der Waals surface area contributed by atoms with E-state index in [1.165, 1.54) is 12.1 Å². The van der Waals surface area contributed by atoms with Crippen LogP contribution >= 0.6 is 11.6 Å². The second-order valence-electron chi connectivity index (χ2n) is 6.58. The molecule has 4 aromatic rings. The van der Waals surface area contributed by atoms with Crippen LogP contribution in [0.15, 0.2) is 60.8 Å². The van der Waals surface area contributed by atoms with Crippen molar-refractivity contribution in [3.63, 3.8) is 0 Å². The number of pyridine rings is 1. The molecule has 2 heterocycles. The minimum atomic E-state index is -0.608. The predicted molar refractivity (Wildman–Crippen MR) is 111 cm³/mol. The molecular weight excluding hydrogens is 393 g/mol. The number of nitrogens with zero attached hydrogens (tertiary/aromatic N) is 2. The van der Waals surface area contributed by atoms with E-state index in [0.29, 0.717) is 17.8 Å². The van der Waals surface area contributed by atoms with Crippen molar-refractivity contribution in [2.45, 2.75) is 6.54 Å². The van der Waals surface area contributed by atoms with Crippen LogP contribution in [0.1, 0.15) is 16.1 Å². The molecule has 0 bridgehead atoms. The van der Waals surface area contributed by atoms with Gasteiger partial charge in [-0.1, -0.05) is 29.8 Å². The van der Waals surface area contributed by atoms with Gasteiger partial charge >= 0.3 is 0 Å². The number of hydrogen-bond acceptors (Lipinski definition) is 3. The van der Waals surface area contributed by atoms with Gasteiger partial charge in [-0.15, -0.1) is 0 Å². The lowest BCUT2D eigenvalue weighted by Gasteiger charge is -2.07. The summed E-state index contributed by atoms with van der Waals surface area (Å²) >= 11 is 5.83. The highest BCUT2D eigenvalue weighted by Gasteiger charge is 2.15. The van der Waals surface area contributed by atoms with E-state index in [0.717, 1.165) is 22.3 Å². The lowest BCUT2D eigenvalue weighted by Crippen LogP contribution is -2.13. The number of benzene rings is 2. The first-order chi connectivity index (χ1) is 14.0. The summed E-state index contributed by atoms with van der Waals surface area (Å²) in [5, 5.41) is 0.843. The zero-order valence-corrected chi connectivity index (χ0v) is 16.3. The van der Waals surface area contributed by atoms with Gasteiger partial charge < -0.3 is 15.0 Å². The summed E-state index contributed by atoms with van der Waals surface area (Å²) in [4.78, 5) is 16.1. The second kappa shape index (κ2) is 7.56. The smallest absolute Gasteiger partial charge is 0.267 e. The van der Waals surface area contributed by atoms with E-state index < -0.39 is 11.7 Å². The van der Waals surface area contributed by atoms with Gasteiger partial charge in [-0.05, 0) is 47.5 Å². The Hall–Kier alpha value is -3.38. The maximum absolute atomic E-state index is 14.0. The molecular formula is C22H17ClFN3O2. The number of rotatable bonds is 5. The fourth-order valence-electron chi connectivity index (χ4n) is 3.24. The van der Waals surface area contributed by atoms with Crippen molar-refractivity contribution in [2.75, 3.05) is 7.11 Å². The Morgan fingerprint density at radius 3 is 2.59 bits per heavy atom. The molecule has 2 N–H and O–H groups in total. The Morgan fingerprint density at radius 1 is 1.17 bits per heavy atom. The third kappa shape index (κ3) is 3.67. The number of carbonyl (C=O) groups excluding carboxylic acids is 1. The molecule has 2 aromatic carbocycles. The molecule has 4 rings (SSSR count). The molecule has 146 valence electrons. The highest BCUT2D eigenvalue weighted by molar-refractivity contribution is 6.30. The molecule has 0 aliphatic carbocycles. The van der Waals surface area contributed by atoms with E-state index in [9.17, 15) is 9.18 Å². The van der Waals surface area contributed by atoms with Crippen LogP contribution in [0.25, 0.3) is 22.2 Å². The third-order valence-electron chi connectivity index (χ3n) is 4.72. The summed E-state index contributed by atoms with van der Waals surface area (Å²) in [6.45, 7) is 0.506. The van der Waals surface area contributed by atoms with Gasteiger partial charge in [0.15, 0.2) is 0 Å². The summed E-state index contributed by atoms with van der Waals surface area (Å²) in [5.74, 6) is -0.345. The number of ether oxygens (including phenoxy) is 1. The number of halogens is 2. The van der Waals surface area contributed by atoms with Gasteiger partial charge in [-0.25, -0.2) is 9.37 Å². The Labute approximate surface area is 171 Å². The molecule has 0 aliphatic heterocycles. The lowest BCUT2D eigenvalue weighted by atomic mass is 10.1. The van der Waals surface area contributed by atoms with Gasteiger partial charge in [-0.3, -0.25) is 4.79 Å². The molecule has 2 aromatic heterocycles. The van der Waals surface area contributed by atoms with Crippen LogP contribution in [0.2, 0.25) is 5.02 Å². The second-order valence-corrected chi connectivity index (χ2v) is 6.99. The van der Waals surface area contributed by atoms with Gasteiger partial charge in [0.2, 0.25) is 0 Å². The molecule has 0 saturated carbocycles. The van der Waals surface area contributed by atoms with E-state index in [-0.39, 0.29) is 10.7 Å². The summed E-state index contributed by atoms with van der Waals surface area (Å²) in [7, 11) is 1.61. The lowest BCUT2D eigenvalue weighted by molar-refractivity contribution is 0.0996. The van der Waals surface area contributed by atoms with Crippen LogP contribution in [0.3, 0.4) is 0 Å². The number of primary amides is 1. The van der Waals surface area contributed by atoms with Gasteiger partial charge in [0.1, 0.15) is 22.9 Å². The SMILES string of the molecule is COc1ccc(Cn2cc(-c3ccc(Cl)c(F)c3)c3ccc(C(N)=O)nc32)cc1. The number of hydrogen-bond donors (Lipinski definition) is 1. The highest BCUT2D eigenvalue weighted by Crippen LogP contribution is 2.32. The first kappa shape index (κ1) is 19.0. The molecule has 5 nitrogen and oxygen atoms in total. The normalized spacial score (nSPS) is 11.0. The summed E-state index contributed by atoms with van der Waals surface area (Å²) in [6.07, 6.45) is 1.88. The van der Waals surface area contributed by atoms with Gasteiger partial charge in [0.25, 0.3) is 5.91 Å². The van der Waals surface area contributed by atoms with Crippen molar-refractivity contribution in [1.29, 1.82) is 0 Å². The van der Waals surface area contributed by atoms with E-state index in [1.807, 2.05) is 35.0 Å². The number of amides is 1. The minimum absolute atomic E-state index is 0.0601. The molecule has 0 saturated heterocycles. The van der Waals surface area contributed by atoms with Crippen LogP contribution in [-0.4, -0.2) is 22.6 Å². The highest BCUT2D eigenvalue weighted by atomic mass is 35.5. The Kier molecular flexibility index (Phi) is 4.94. The van der Waals surface area contributed by atoms with E-state index in [4.69, 9.17) is 22.1 Å². The summed E-state index contributed by atoms with van der Waals surface area (Å²) in [5.41, 5.74) is 8.62. The third-order valence-corrected chi connectivity index (χ3v) is 5.02. The Bertz CT molecular complexity index is 1220. The van der Waals surface area contributed by atoms with Crippen molar-refractivity contribution in [1.82, 2.24) is 9.55 Å². The number of nitrogens with two attached hydrogens (primary N) is 1. The molecule has 0 aliphatic rings. The largest absolute Gasteiger partial charge is 0.497 e. The summed E-state index contributed by atoms with van der Waals surface area (Å²) in [6, 6.07) is 15.6. The number of methoxy groups -OCH3 is 1. The molecule has 0 fully saturated rings. The quantitative estimate of drug-likeness (QED) is 0.521. The zero-order chi connectivity index (χ0) is 20.5. The molecule has 0 unspecified atom stereocenters. The first-order valence-electron chi connectivity index (χ1n) is 8.84. The standard InChI is InChI=1S/C22H17ClFN3O2/c1-29-15-5-2-13(3-6-15)11-27-12-17(14-4-8-18(23)19(24)10-14)16-7-9-20(21(25)28)26-22(16)27/h2-10,12H,11H2,1H3,(H2,25,28). The van der Waals surface area contributed by atoms with Crippen LogP contribution < -0.4 is 10.5 Å². The molecule has 1 amide bonds. The minimum Gasteiger partial charge on any atom is -0.497 e. The van der Waals surface area contributed by atoms with Crippen LogP contribution in [0.5, 0.6) is 5.75 Å². The van der Waals surface area contributed by atoms with Crippen molar-refractivity contribution in [3.8, 4) is 16.9 Å². The summed E-state index contributed by atoms with van der Waals surface area (Å²) < 4.78 is 21.1. The maximum Gasteiger partial charge on any atom is 0.267 e. The zero-order valence-electron chi connectivity index (χ0n) is 15.5. The number of aromatic nitrogens is 2. The average molecular weight is 410 g/mol. The fraction of sp³-hybridized carbons (Fsp3) is 0.0909. The fourth-order valence-corrected chi connectivity index (χ4v) is 3.36. The number of fused-ring (bicyclic) bond motifs is 1. The van der Waals surface area contributed by atoms with Crippen molar-refractivity contribution in [3.05, 3.63) is 82.9 Å². The Balaban J connectivity index is 1.86. The van der Waals surface area contributed by atoms with Crippen molar-refractivity contribution >= 4 is 28.5 Å². The van der Waals surface area contributed by atoms with Gasteiger partial charge in [0, 0.05) is 23.7 Å². The average Bonchev–Trinajstić information content (AvgIpc) is 3.08. The van der Waals surface area contributed by atoms with Gasteiger partial charge in [0.05, 0.1) is 12.1 Å². The predicted octanol–water partition coefficient (Wildman–Crippen LogP) is 4.65. The van der Waals surface area contributed by atoms with Crippen LogP contribution in [-0.2, 0) is 6.54 Å². The monoisotopic (exact) mass is 409 g/mol. The molecule has 0 atom stereocenters. The van der Waals surface area contributed by atoms with Crippen LogP contribution in [0.4, 0.5) is 4.39 Å². The molecule has 0 radical (unpaired) electrons. The molecule has 7 heteroatoms. The topological polar surface area (TPSA) is 70.1 Å². The molecule has 0 spiro atoms. The maximum atomic E-state index is 14.0. The number of carbonyl (C=O) groups is 1. The van der Waals surface area contributed by atoms with E-state index >= 15 is 0 Å². The van der Waals surface area contributed by atoms with Crippen molar-refractivity contribution in [2.24, 2.45) is 5.73 Å². The molecule has 29 heavy (non-hydrogen) atoms.